The predicted molar refractivity (Wildman–Crippen MR) is 109 cm³/mol. The summed E-state index contributed by atoms with van der Waals surface area (Å²) in [5.74, 6) is 0.824. The van der Waals surface area contributed by atoms with Crippen LogP contribution in [0.1, 0.15) is 40.5 Å². The van der Waals surface area contributed by atoms with E-state index in [-0.39, 0.29) is 6.10 Å². The number of rotatable bonds is 3. The summed E-state index contributed by atoms with van der Waals surface area (Å²) in [7, 11) is 0. The highest BCUT2D eigenvalue weighted by Gasteiger charge is 2.22. The highest BCUT2D eigenvalue weighted by Crippen LogP contribution is 2.35. The van der Waals surface area contributed by atoms with Crippen molar-refractivity contribution >= 4 is 22.2 Å². The molecular weight excluding hydrogens is 368 g/mol. The third-order valence-corrected chi connectivity index (χ3v) is 6.03. The fraction of sp³-hybridized carbons (Fsp3) is 0.227. The van der Waals surface area contributed by atoms with E-state index in [4.69, 9.17) is 10.00 Å². The average molecular weight is 386 g/mol. The molecule has 0 amide bonds. The van der Waals surface area contributed by atoms with Gasteiger partial charge in [-0.15, -0.1) is 11.3 Å². The second-order valence-corrected chi connectivity index (χ2v) is 8.27. The minimum atomic E-state index is 0.00687. The molecule has 1 aliphatic rings. The van der Waals surface area contributed by atoms with Gasteiger partial charge >= 0.3 is 0 Å². The van der Waals surface area contributed by atoms with Crippen molar-refractivity contribution in [3.8, 4) is 17.0 Å². The zero-order valence-corrected chi connectivity index (χ0v) is 16.2. The zero-order chi connectivity index (χ0) is 19.1. The quantitative estimate of drug-likeness (QED) is 0.490. The van der Waals surface area contributed by atoms with Crippen molar-refractivity contribution in [3.63, 3.8) is 0 Å². The van der Waals surface area contributed by atoms with Crippen molar-refractivity contribution in [1.29, 1.82) is 5.26 Å². The number of hydrogen-bond donors (Lipinski definition) is 0. The summed E-state index contributed by atoms with van der Waals surface area (Å²) in [5.41, 5.74) is 4.11. The van der Waals surface area contributed by atoms with E-state index in [1.807, 2.05) is 60.4 Å². The molecule has 28 heavy (non-hydrogen) atoms. The summed E-state index contributed by atoms with van der Waals surface area (Å²) in [5, 5.41) is 15.6. The lowest BCUT2D eigenvalue weighted by molar-refractivity contribution is 0.183. The van der Waals surface area contributed by atoms with Gasteiger partial charge in [0, 0.05) is 22.5 Å². The molecule has 2 aromatic heterocycles. The van der Waals surface area contributed by atoms with Crippen LogP contribution in [0.25, 0.3) is 16.0 Å². The molecule has 0 fully saturated rings. The lowest BCUT2D eigenvalue weighted by Gasteiger charge is -2.26. The van der Waals surface area contributed by atoms with Gasteiger partial charge in [-0.3, -0.25) is 0 Å². The molecule has 0 radical (unpaired) electrons. The molecule has 0 saturated heterocycles. The molecule has 5 rings (SSSR count). The van der Waals surface area contributed by atoms with Crippen molar-refractivity contribution in [2.45, 2.75) is 32.3 Å². The van der Waals surface area contributed by atoms with E-state index >= 15 is 0 Å². The number of hydrogen-bond acceptors (Lipinski definition) is 5. The van der Waals surface area contributed by atoms with Crippen LogP contribution in [0.2, 0.25) is 0 Å². The fourth-order valence-corrected chi connectivity index (χ4v) is 4.52. The Morgan fingerprint density at radius 2 is 2.14 bits per heavy atom. The topological polar surface area (TPSA) is 63.7 Å². The van der Waals surface area contributed by atoms with Gasteiger partial charge in [0.25, 0.3) is 0 Å². The largest absolute Gasteiger partial charge is 0.486 e. The summed E-state index contributed by atoms with van der Waals surface area (Å²) >= 11 is 1.62. The normalized spacial score (nSPS) is 15.9. The van der Waals surface area contributed by atoms with Gasteiger partial charge in [0.05, 0.1) is 23.3 Å². The molecule has 1 aliphatic carbocycles. The first kappa shape index (κ1) is 17.0. The first-order valence-corrected chi connectivity index (χ1v) is 10.1. The van der Waals surface area contributed by atoms with Crippen molar-refractivity contribution in [2.75, 3.05) is 0 Å². The molecule has 0 spiro atoms. The fourth-order valence-electron chi connectivity index (χ4n) is 3.79. The molecule has 0 bridgehead atoms. The molecule has 5 nitrogen and oxygen atoms in total. The van der Waals surface area contributed by atoms with E-state index in [1.165, 1.54) is 11.1 Å². The Bertz CT molecular complexity index is 1220. The summed E-state index contributed by atoms with van der Waals surface area (Å²) in [4.78, 5) is 5.61. The van der Waals surface area contributed by atoms with Crippen LogP contribution in [-0.4, -0.2) is 14.8 Å². The Morgan fingerprint density at radius 3 is 2.96 bits per heavy atom. The third-order valence-electron chi connectivity index (χ3n) is 5.14. The Hall–Kier alpha value is -3.17. The minimum Gasteiger partial charge on any atom is -0.486 e. The first-order chi connectivity index (χ1) is 13.7. The molecule has 2 heterocycles. The molecule has 6 heteroatoms. The van der Waals surface area contributed by atoms with E-state index in [2.05, 4.69) is 16.2 Å². The Labute approximate surface area is 166 Å². The molecule has 1 atom stereocenters. The van der Waals surface area contributed by atoms with Gasteiger partial charge < -0.3 is 4.74 Å². The van der Waals surface area contributed by atoms with Crippen LogP contribution >= 0.6 is 11.3 Å². The summed E-state index contributed by atoms with van der Waals surface area (Å²) in [6.45, 7) is 2.04. The van der Waals surface area contributed by atoms with Gasteiger partial charge in [-0.2, -0.15) is 10.4 Å². The first-order valence-electron chi connectivity index (χ1n) is 9.31. The van der Waals surface area contributed by atoms with Gasteiger partial charge in [-0.1, -0.05) is 6.07 Å². The molecule has 0 N–H and O–H groups in total. The lowest BCUT2D eigenvalue weighted by atomic mass is 9.88. The Morgan fingerprint density at radius 1 is 1.21 bits per heavy atom. The predicted octanol–water partition coefficient (Wildman–Crippen LogP) is 5.12. The van der Waals surface area contributed by atoms with Crippen LogP contribution in [0, 0.1) is 18.3 Å². The second-order valence-electron chi connectivity index (χ2n) is 7.05. The van der Waals surface area contributed by atoms with E-state index < -0.39 is 0 Å². The molecule has 1 unspecified atom stereocenters. The van der Waals surface area contributed by atoms with Crippen molar-refractivity contribution in [2.24, 2.45) is 0 Å². The minimum absolute atomic E-state index is 0.00687. The number of thiazole rings is 1. The van der Waals surface area contributed by atoms with E-state index in [9.17, 15) is 0 Å². The van der Waals surface area contributed by atoms with E-state index in [0.717, 1.165) is 45.9 Å². The standard InChI is InChI=1S/C22H18N4OS/c1-14-12-24-22(28-14)26-20-10-18(7-6-17(20)13-25-26)27-21-4-2-3-16-9-15(11-23)5-8-19(16)21/h5-10,12-13,21H,2-4H2,1H3. The number of aromatic nitrogens is 3. The highest BCUT2D eigenvalue weighted by atomic mass is 32.1. The van der Waals surface area contributed by atoms with Gasteiger partial charge in [0.2, 0.25) is 5.13 Å². The second kappa shape index (κ2) is 6.77. The maximum atomic E-state index is 9.15. The maximum absolute atomic E-state index is 9.15. The molecular formula is C22H18N4OS. The summed E-state index contributed by atoms with van der Waals surface area (Å²) < 4.78 is 8.26. The average Bonchev–Trinajstić information content (AvgIpc) is 3.33. The van der Waals surface area contributed by atoms with Gasteiger partial charge in [-0.25, -0.2) is 9.67 Å². The van der Waals surface area contributed by atoms with E-state index in [1.54, 1.807) is 11.3 Å². The number of benzene rings is 2. The molecule has 4 aromatic rings. The van der Waals surface area contributed by atoms with Crippen molar-refractivity contribution in [1.82, 2.24) is 14.8 Å². The van der Waals surface area contributed by atoms with Crippen LogP contribution in [0.15, 0.2) is 48.8 Å². The number of nitrogens with zero attached hydrogens (tertiary/aromatic N) is 4. The Balaban J connectivity index is 1.49. The van der Waals surface area contributed by atoms with Crippen molar-refractivity contribution < 1.29 is 4.74 Å². The zero-order valence-electron chi connectivity index (χ0n) is 15.4. The van der Waals surface area contributed by atoms with Crippen LogP contribution in [0.4, 0.5) is 0 Å². The highest BCUT2D eigenvalue weighted by molar-refractivity contribution is 7.14. The summed E-state index contributed by atoms with van der Waals surface area (Å²) in [6.07, 6.45) is 6.76. The molecule has 0 saturated carbocycles. The van der Waals surface area contributed by atoms with Crippen LogP contribution in [0.3, 0.4) is 0 Å². The van der Waals surface area contributed by atoms with Crippen LogP contribution < -0.4 is 4.74 Å². The van der Waals surface area contributed by atoms with Crippen molar-refractivity contribution in [3.05, 3.63) is 70.4 Å². The van der Waals surface area contributed by atoms with Crippen LogP contribution in [0.5, 0.6) is 5.75 Å². The molecule has 0 aliphatic heterocycles. The van der Waals surface area contributed by atoms with Gasteiger partial charge in [-0.05, 0) is 61.6 Å². The number of nitriles is 1. The SMILES string of the molecule is Cc1cnc(-n2ncc3ccc(OC4CCCc5cc(C#N)ccc54)cc32)s1. The number of aryl methyl sites for hydroxylation is 2. The smallest absolute Gasteiger partial charge is 0.211 e. The number of fused-ring (bicyclic) bond motifs is 2. The van der Waals surface area contributed by atoms with Crippen LogP contribution in [-0.2, 0) is 6.42 Å². The summed E-state index contributed by atoms with van der Waals surface area (Å²) in [6, 6.07) is 14.2. The van der Waals surface area contributed by atoms with Gasteiger partial charge in [0.1, 0.15) is 11.9 Å². The molecule has 2 aromatic carbocycles. The third kappa shape index (κ3) is 2.94. The Kier molecular flexibility index (Phi) is 4.10. The van der Waals surface area contributed by atoms with E-state index in [0.29, 0.717) is 5.56 Å². The number of ether oxygens (including phenoxy) is 1. The molecule has 138 valence electrons. The van der Waals surface area contributed by atoms with Gasteiger partial charge in [0.15, 0.2) is 0 Å². The monoisotopic (exact) mass is 386 g/mol. The lowest BCUT2D eigenvalue weighted by Crippen LogP contribution is -2.15. The maximum Gasteiger partial charge on any atom is 0.211 e.